The fourth-order valence-electron chi connectivity index (χ4n) is 6.35. The van der Waals surface area contributed by atoms with Crippen molar-refractivity contribution in [2.45, 2.75) is 37.6 Å². The zero-order valence-corrected chi connectivity index (χ0v) is 23.8. The molecule has 1 aliphatic carbocycles. The lowest BCUT2D eigenvalue weighted by molar-refractivity contribution is 0.414. The second-order valence-corrected chi connectivity index (χ2v) is 11.0. The minimum Gasteiger partial charge on any atom is -0.497 e. The standard InChI is InChI=1S/C34H32N6O2/c1-41-25-10-6-21(7-11-25)20-40-30-16-31(42-2)33(28-5-3-4-26-22(17-35)8-12-27(26)28)38-34(30)32(39-40)24-9-13-29(37-19-24)23-14-15-36-18-23/h3-7,9-11,13,16,19,22-23,36H,8,12,14-15,18,20H2,1-2H3. The van der Waals surface area contributed by atoms with E-state index in [2.05, 4.69) is 47.8 Å². The smallest absolute Gasteiger partial charge is 0.147 e. The molecule has 1 saturated heterocycles. The number of nitrogens with one attached hydrogen (secondary N) is 1. The van der Waals surface area contributed by atoms with E-state index in [1.807, 2.05) is 35.1 Å². The Labute approximate surface area is 245 Å². The van der Waals surface area contributed by atoms with Gasteiger partial charge in [0, 0.05) is 41.5 Å². The zero-order valence-electron chi connectivity index (χ0n) is 23.8. The molecule has 0 spiro atoms. The van der Waals surface area contributed by atoms with E-state index in [-0.39, 0.29) is 5.92 Å². The van der Waals surface area contributed by atoms with Crippen molar-refractivity contribution in [3.05, 3.63) is 89.2 Å². The molecule has 0 radical (unpaired) electrons. The van der Waals surface area contributed by atoms with Gasteiger partial charge in [0.2, 0.25) is 0 Å². The molecule has 8 nitrogen and oxygen atoms in total. The number of pyridine rings is 2. The fraction of sp³-hybridized carbons (Fsp3) is 0.294. The van der Waals surface area contributed by atoms with Gasteiger partial charge in [-0.3, -0.25) is 9.67 Å². The molecule has 1 aliphatic heterocycles. The summed E-state index contributed by atoms with van der Waals surface area (Å²) in [6, 6.07) is 22.9. The first-order valence-electron chi connectivity index (χ1n) is 14.4. The normalized spacial score (nSPS) is 17.7. The number of hydrogen-bond acceptors (Lipinski definition) is 7. The molecule has 4 heterocycles. The van der Waals surface area contributed by atoms with Crippen molar-refractivity contribution in [3.63, 3.8) is 0 Å². The van der Waals surface area contributed by atoms with Gasteiger partial charge in [-0.05, 0) is 66.8 Å². The van der Waals surface area contributed by atoms with Crippen LogP contribution in [0.2, 0.25) is 0 Å². The lowest BCUT2D eigenvalue weighted by Gasteiger charge is -2.13. The third-order valence-corrected chi connectivity index (χ3v) is 8.62. The van der Waals surface area contributed by atoms with Crippen molar-refractivity contribution < 1.29 is 9.47 Å². The number of rotatable bonds is 7. The molecule has 0 saturated carbocycles. The summed E-state index contributed by atoms with van der Waals surface area (Å²) in [5.41, 5.74) is 9.65. The van der Waals surface area contributed by atoms with Crippen molar-refractivity contribution in [2.75, 3.05) is 27.3 Å². The molecule has 5 aromatic rings. The predicted molar refractivity (Wildman–Crippen MR) is 162 cm³/mol. The van der Waals surface area contributed by atoms with Gasteiger partial charge in [-0.25, -0.2) is 4.98 Å². The number of methoxy groups -OCH3 is 2. The van der Waals surface area contributed by atoms with Crippen molar-refractivity contribution in [3.8, 4) is 40.1 Å². The molecule has 1 N–H and O–H groups in total. The third kappa shape index (κ3) is 4.56. The Morgan fingerprint density at radius 3 is 2.62 bits per heavy atom. The van der Waals surface area contributed by atoms with Gasteiger partial charge in [0.1, 0.15) is 28.4 Å². The van der Waals surface area contributed by atoms with E-state index in [4.69, 9.17) is 24.5 Å². The van der Waals surface area contributed by atoms with Crippen LogP contribution in [0.25, 0.3) is 33.5 Å². The average Bonchev–Trinajstić information content (AvgIpc) is 3.80. The minimum absolute atomic E-state index is 0.0860. The summed E-state index contributed by atoms with van der Waals surface area (Å²) < 4.78 is 13.3. The Hall–Kier alpha value is -4.74. The van der Waals surface area contributed by atoms with Gasteiger partial charge in [0.25, 0.3) is 0 Å². The highest BCUT2D eigenvalue weighted by Crippen LogP contribution is 2.42. The van der Waals surface area contributed by atoms with E-state index >= 15 is 0 Å². The first-order chi connectivity index (χ1) is 20.7. The molecule has 7 rings (SSSR count). The van der Waals surface area contributed by atoms with Gasteiger partial charge in [0.15, 0.2) is 0 Å². The van der Waals surface area contributed by atoms with Crippen LogP contribution < -0.4 is 14.8 Å². The minimum atomic E-state index is -0.0860. The molecule has 210 valence electrons. The van der Waals surface area contributed by atoms with Gasteiger partial charge >= 0.3 is 0 Å². The molecule has 2 aromatic carbocycles. The number of nitriles is 1. The Morgan fingerprint density at radius 1 is 1.02 bits per heavy atom. The SMILES string of the molecule is COc1ccc(Cn2nc(-c3ccc(C4CCNC4)nc3)c3nc(-c4cccc5c4CCC5C#N)c(OC)cc32)cc1. The van der Waals surface area contributed by atoms with Crippen LogP contribution in [0.5, 0.6) is 11.5 Å². The van der Waals surface area contributed by atoms with E-state index in [9.17, 15) is 5.26 Å². The lowest BCUT2D eigenvalue weighted by atomic mass is 9.97. The molecule has 3 aromatic heterocycles. The van der Waals surface area contributed by atoms with Crippen LogP contribution in [0.1, 0.15) is 47.1 Å². The number of benzene rings is 2. The highest BCUT2D eigenvalue weighted by molar-refractivity contribution is 5.93. The first-order valence-corrected chi connectivity index (χ1v) is 14.4. The molecule has 8 heteroatoms. The van der Waals surface area contributed by atoms with E-state index in [1.54, 1.807) is 14.2 Å². The zero-order chi connectivity index (χ0) is 28.6. The number of ether oxygens (including phenoxy) is 2. The summed E-state index contributed by atoms with van der Waals surface area (Å²) in [6.07, 6.45) is 4.70. The molecule has 42 heavy (non-hydrogen) atoms. The van der Waals surface area contributed by atoms with Crippen molar-refractivity contribution in [2.24, 2.45) is 0 Å². The Bertz CT molecular complexity index is 1800. The molecular formula is C34H32N6O2. The summed E-state index contributed by atoms with van der Waals surface area (Å²) in [7, 11) is 3.35. The second kappa shape index (κ2) is 10.9. The maximum Gasteiger partial charge on any atom is 0.147 e. The van der Waals surface area contributed by atoms with Crippen LogP contribution in [0.3, 0.4) is 0 Å². The molecule has 2 aliphatic rings. The summed E-state index contributed by atoms with van der Waals surface area (Å²) in [4.78, 5) is 10.1. The summed E-state index contributed by atoms with van der Waals surface area (Å²) >= 11 is 0. The topological polar surface area (TPSA) is 97.9 Å². The highest BCUT2D eigenvalue weighted by atomic mass is 16.5. The predicted octanol–water partition coefficient (Wildman–Crippen LogP) is 5.86. The molecule has 0 amide bonds. The average molecular weight is 557 g/mol. The Morgan fingerprint density at radius 2 is 1.90 bits per heavy atom. The van der Waals surface area contributed by atoms with Crippen LogP contribution in [-0.4, -0.2) is 47.1 Å². The molecule has 2 unspecified atom stereocenters. The summed E-state index contributed by atoms with van der Waals surface area (Å²) in [5.74, 6) is 1.85. The molecule has 2 atom stereocenters. The number of aromatic nitrogens is 4. The Balaban J connectivity index is 1.38. The van der Waals surface area contributed by atoms with Gasteiger partial charge < -0.3 is 14.8 Å². The van der Waals surface area contributed by atoms with Gasteiger partial charge in [0.05, 0.1) is 38.3 Å². The fourth-order valence-corrected chi connectivity index (χ4v) is 6.35. The van der Waals surface area contributed by atoms with E-state index in [0.717, 1.165) is 88.5 Å². The van der Waals surface area contributed by atoms with E-state index < -0.39 is 0 Å². The van der Waals surface area contributed by atoms with Gasteiger partial charge in [-0.15, -0.1) is 0 Å². The maximum atomic E-state index is 9.70. The van der Waals surface area contributed by atoms with E-state index in [1.165, 1.54) is 5.56 Å². The summed E-state index contributed by atoms with van der Waals surface area (Å²) in [6.45, 7) is 2.56. The van der Waals surface area contributed by atoms with Crippen LogP contribution in [0.4, 0.5) is 0 Å². The summed E-state index contributed by atoms with van der Waals surface area (Å²) in [5, 5.41) is 18.2. The second-order valence-electron chi connectivity index (χ2n) is 11.0. The maximum absolute atomic E-state index is 9.70. The first kappa shape index (κ1) is 26.2. The van der Waals surface area contributed by atoms with Crippen molar-refractivity contribution in [1.82, 2.24) is 25.1 Å². The number of fused-ring (bicyclic) bond motifs is 2. The van der Waals surface area contributed by atoms with Crippen LogP contribution in [0.15, 0.2) is 66.9 Å². The Kier molecular flexibility index (Phi) is 6.80. The van der Waals surface area contributed by atoms with Crippen LogP contribution in [-0.2, 0) is 13.0 Å². The van der Waals surface area contributed by atoms with Gasteiger partial charge in [-0.1, -0.05) is 30.3 Å². The lowest BCUT2D eigenvalue weighted by Crippen LogP contribution is -2.08. The van der Waals surface area contributed by atoms with Gasteiger partial charge in [-0.2, -0.15) is 10.4 Å². The highest BCUT2D eigenvalue weighted by Gasteiger charge is 2.27. The molecule has 0 bridgehead atoms. The number of nitrogens with zero attached hydrogens (tertiary/aromatic N) is 5. The van der Waals surface area contributed by atoms with Crippen molar-refractivity contribution >= 4 is 11.0 Å². The van der Waals surface area contributed by atoms with Crippen LogP contribution in [0, 0.1) is 11.3 Å². The quantitative estimate of drug-likeness (QED) is 0.268. The third-order valence-electron chi connectivity index (χ3n) is 8.62. The molecule has 1 fully saturated rings. The number of hydrogen-bond donors (Lipinski definition) is 1. The monoisotopic (exact) mass is 556 g/mol. The van der Waals surface area contributed by atoms with E-state index in [0.29, 0.717) is 18.2 Å². The molecular weight excluding hydrogens is 524 g/mol. The van der Waals surface area contributed by atoms with Crippen LogP contribution >= 0.6 is 0 Å². The van der Waals surface area contributed by atoms with Crippen molar-refractivity contribution in [1.29, 1.82) is 5.26 Å². The largest absolute Gasteiger partial charge is 0.497 e.